The van der Waals surface area contributed by atoms with Crippen molar-refractivity contribution in [3.05, 3.63) is 0 Å². The van der Waals surface area contributed by atoms with E-state index in [2.05, 4.69) is 37.9 Å². The van der Waals surface area contributed by atoms with E-state index in [9.17, 15) is 5.11 Å². The van der Waals surface area contributed by atoms with Gasteiger partial charge in [-0.3, -0.25) is 4.90 Å². The van der Waals surface area contributed by atoms with Crippen molar-refractivity contribution in [2.45, 2.75) is 51.9 Å². The molecule has 0 aromatic carbocycles. The summed E-state index contributed by atoms with van der Waals surface area (Å²) in [6.07, 6.45) is 1.29. The first-order chi connectivity index (χ1) is 7.96. The van der Waals surface area contributed by atoms with Crippen LogP contribution in [0.15, 0.2) is 0 Å². The quantitative estimate of drug-likeness (QED) is 0.727. The molecule has 2 N–H and O–H groups in total. The molecule has 1 fully saturated rings. The Balaban J connectivity index is 2.35. The Hall–Kier alpha value is -0.160. The molecule has 1 saturated heterocycles. The van der Waals surface area contributed by atoms with Gasteiger partial charge in [0, 0.05) is 19.1 Å². The van der Waals surface area contributed by atoms with Crippen LogP contribution in [0.5, 0.6) is 0 Å². The molecule has 4 heteroatoms. The van der Waals surface area contributed by atoms with Crippen LogP contribution in [-0.2, 0) is 4.74 Å². The van der Waals surface area contributed by atoms with Gasteiger partial charge >= 0.3 is 0 Å². The first-order valence-electron chi connectivity index (χ1n) is 6.71. The van der Waals surface area contributed by atoms with Gasteiger partial charge in [-0.05, 0) is 40.3 Å². The Morgan fingerprint density at radius 3 is 2.76 bits per heavy atom. The molecule has 102 valence electrons. The van der Waals surface area contributed by atoms with Crippen LogP contribution in [0.4, 0.5) is 0 Å². The summed E-state index contributed by atoms with van der Waals surface area (Å²) in [4.78, 5) is 2.44. The van der Waals surface area contributed by atoms with Crippen molar-refractivity contribution in [1.29, 1.82) is 0 Å². The van der Waals surface area contributed by atoms with Gasteiger partial charge < -0.3 is 15.2 Å². The van der Waals surface area contributed by atoms with E-state index in [1.807, 2.05) is 0 Å². The van der Waals surface area contributed by atoms with Crippen LogP contribution in [0.25, 0.3) is 0 Å². The molecule has 0 spiro atoms. The summed E-state index contributed by atoms with van der Waals surface area (Å²) in [5.74, 6) is 0. The van der Waals surface area contributed by atoms with Gasteiger partial charge in [0.05, 0.1) is 18.3 Å². The molecule has 1 heterocycles. The lowest BCUT2D eigenvalue weighted by Gasteiger charge is -2.42. The molecule has 17 heavy (non-hydrogen) atoms. The van der Waals surface area contributed by atoms with E-state index in [0.29, 0.717) is 6.10 Å². The van der Waals surface area contributed by atoms with Crippen LogP contribution in [0.1, 0.15) is 34.1 Å². The highest BCUT2D eigenvalue weighted by Crippen LogP contribution is 2.20. The molecule has 1 aliphatic heterocycles. The van der Waals surface area contributed by atoms with Crippen LogP contribution in [0.2, 0.25) is 0 Å². The van der Waals surface area contributed by atoms with E-state index in [1.165, 1.54) is 0 Å². The van der Waals surface area contributed by atoms with Gasteiger partial charge in [0.15, 0.2) is 0 Å². The number of ether oxygens (including phenoxy) is 1. The molecule has 0 bridgehead atoms. The van der Waals surface area contributed by atoms with Crippen LogP contribution in [-0.4, -0.2) is 60.5 Å². The van der Waals surface area contributed by atoms with Crippen LogP contribution >= 0.6 is 0 Å². The lowest BCUT2D eigenvalue weighted by Crippen LogP contribution is -2.52. The van der Waals surface area contributed by atoms with E-state index >= 15 is 0 Å². The molecular weight excluding hydrogens is 216 g/mol. The SMILES string of the molecule is CCNC(CO)CCN1CC(C)OC(C)(C)C1. The van der Waals surface area contributed by atoms with E-state index in [4.69, 9.17) is 4.74 Å². The zero-order chi connectivity index (χ0) is 12.9. The summed E-state index contributed by atoms with van der Waals surface area (Å²) in [5, 5.41) is 12.5. The van der Waals surface area contributed by atoms with Gasteiger partial charge in [0.1, 0.15) is 0 Å². The Morgan fingerprint density at radius 2 is 2.24 bits per heavy atom. The zero-order valence-electron chi connectivity index (χ0n) is 11.7. The summed E-state index contributed by atoms with van der Waals surface area (Å²) in [7, 11) is 0. The number of rotatable bonds is 6. The fourth-order valence-electron chi connectivity index (χ4n) is 2.64. The normalized spacial score (nSPS) is 27.0. The van der Waals surface area contributed by atoms with Gasteiger partial charge in [-0.2, -0.15) is 0 Å². The van der Waals surface area contributed by atoms with Crippen LogP contribution < -0.4 is 5.32 Å². The highest BCUT2D eigenvalue weighted by Gasteiger charge is 2.31. The van der Waals surface area contributed by atoms with Gasteiger partial charge in [-0.1, -0.05) is 6.92 Å². The Labute approximate surface area is 105 Å². The van der Waals surface area contributed by atoms with Crippen molar-refractivity contribution in [3.8, 4) is 0 Å². The van der Waals surface area contributed by atoms with Gasteiger partial charge in [-0.15, -0.1) is 0 Å². The molecule has 0 aromatic rings. The molecule has 0 aromatic heterocycles. The van der Waals surface area contributed by atoms with Gasteiger partial charge in [0.2, 0.25) is 0 Å². The van der Waals surface area contributed by atoms with Crippen molar-refractivity contribution in [2.75, 3.05) is 32.8 Å². The highest BCUT2D eigenvalue weighted by atomic mass is 16.5. The van der Waals surface area contributed by atoms with Crippen LogP contribution in [0.3, 0.4) is 0 Å². The summed E-state index contributed by atoms with van der Waals surface area (Å²) in [6.45, 7) is 12.6. The number of nitrogens with one attached hydrogen (secondary N) is 1. The van der Waals surface area contributed by atoms with E-state index in [-0.39, 0.29) is 18.2 Å². The monoisotopic (exact) mass is 244 g/mol. The topological polar surface area (TPSA) is 44.7 Å². The number of aliphatic hydroxyl groups excluding tert-OH is 1. The molecule has 0 saturated carbocycles. The number of likely N-dealkylation sites (N-methyl/N-ethyl adjacent to an activating group) is 1. The molecular formula is C13H28N2O2. The van der Waals surface area contributed by atoms with Gasteiger partial charge in [-0.25, -0.2) is 0 Å². The first-order valence-corrected chi connectivity index (χ1v) is 6.71. The van der Waals surface area contributed by atoms with Crippen LogP contribution in [0, 0.1) is 0 Å². The fraction of sp³-hybridized carbons (Fsp3) is 1.00. The van der Waals surface area contributed by atoms with Crippen molar-refractivity contribution in [2.24, 2.45) is 0 Å². The average molecular weight is 244 g/mol. The standard InChI is InChI=1S/C13H28N2O2/c1-5-14-12(9-16)6-7-15-8-11(2)17-13(3,4)10-15/h11-12,14,16H,5-10H2,1-4H3. The summed E-state index contributed by atoms with van der Waals surface area (Å²) in [6, 6.07) is 0.223. The molecule has 4 nitrogen and oxygen atoms in total. The number of nitrogens with zero attached hydrogens (tertiary/aromatic N) is 1. The fourth-order valence-corrected chi connectivity index (χ4v) is 2.64. The lowest BCUT2D eigenvalue weighted by molar-refractivity contribution is -0.129. The maximum Gasteiger partial charge on any atom is 0.0757 e. The molecule has 1 aliphatic rings. The minimum Gasteiger partial charge on any atom is -0.395 e. The molecule has 0 radical (unpaired) electrons. The number of hydrogen-bond donors (Lipinski definition) is 2. The lowest BCUT2D eigenvalue weighted by atomic mass is 10.0. The van der Waals surface area contributed by atoms with E-state index in [1.54, 1.807) is 0 Å². The predicted octanol–water partition coefficient (Wildman–Crippen LogP) is 0.846. The average Bonchev–Trinajstić information content (AvgIpc) is 2.21. The van der Waals surface area contributed by atoms with E-state index < -0.39 is 0 Å². The van der Waals surface area contributed by atoms with Crippen molar-refractivity contribution in [1.82, 2.24) is 10.2 Å². The molecule has 0 amide bonds. The molecule has 2 unspecified atom stereocenters. The Kier molecular flexibility index (Phi) is 5.86. The van der Waals surface area contributed by atoms with Gasteiger partial charge in [0.25, 0.3) is 0 Å². The number of morpholine rings is 1. The maximum absolute atomic E-state index is 9.24. The second-order valence-electron chi connectivity index (χ2n) is 5.65. The third-order valence-corrected chi connectivity index (χ3v) is 3.15. The molecule has 2 atom stereocenters. The van der Waals surface area contributed by atoms with Crippen molar-refractivity contribution < 1.29 is 9.84 Å². The minimum absolute atomic E-state index is 0.0510. The van der Waals surface area contributed by atoms with Crippen molar-refractivity contribution >= 4 is 0 Å². The molecule has 1 rings (SSSR count). The largest absolute Gasteiger partial charge is 0.395 e. The maximum atomic E-state index is 9.24. The second-order valence-corrected chi connectivity index (χ2v) is 5.65. The smallest absolute Gasteiger partial charge is 0.0757 e. The third kappa shape index (κ3) is 5.34. The molecule has 0 aliphatic carbocycles. The highest BCUT2D eigenvalue weighted by molar-refractivity contribution is 4.83. The Morgan fingerprint density at radius 1 is 1.53 bits per heavy atom. The summed E-state index contributed by atoms with van der Waals surface area (Å²) in [5.41, 5.74) is -0.0510. The first kappa shape index (κ1) is 14.9. The Bertz CT molecular complexity index is 221. The zero-order valence-corrected chi connectivity index (χ0v) is 11.7. The number of aliphatic hydroxyl groups is 1. The van der Waals surface area contributed by atoms with E-state index in [0.717, 1.165) is 32.6 Å². The van der Waals surface area contributed by atoms with Crippen molar-refractivity contribution in [3.63, 3.8) is 0 Å². The summed E-state index contributed by atoms with van der Waals surface area (Å²) < 4.78 is 5.88. The second kappa shape index (κ2) is 6.69. The third-order valence-electron chi connectivity index (χ3n) is 3.15. The number of hydrogen-bond acceptors (Lipinski definition) is 4. The summed E-state index contributed by atoms with van der Waals surface area (Å²) >= 11 is 0. The predicted molar refractivity (Wildman–Crippen MR) is 70.2 cm³/mol. The minimum atomic E-state index is -0.0510.